The number of anilines is 2. The molecule has 0 bridgehead atoms. The predicted molar refractivity (Wildman–Crippen MR) is 90.6 cm³/mol. The zero-order chi connectivity index (χ0) is 14.7. The summed E-state index contributed by atoms with van der Waals surface area (Å²) in [5.74, 6) is 0.706. The standard InChI is InChI=1S/C17H23N3S/c1-3-11-18-12-15-16(13-9-10-13)19-17(21-15)20(2)14-7-5-4-6-8-14/h4-8,13,18H,3,9-12H2,1-2H3. The number of rotatable bonds is 7. The van der Waals surface area contributed by atoms with E-state index in [-0.39, 0.29) is 0 Å². The van der Waals surface area contributed by atoms with Crippen LogP contribution in [0.1, 0.15) is 42.7 Å². The second-order valence-electron chi connectivity index (χ2n) is 5.65. The van der Waals surface area contributed by atoms with E-state index in [9.17, 15) is 0 Å². The number of nitrogens with zero attached hydrogens (tertiary/aromatic N) is 2. The van der Waals surface area contributed by atoms with Crippen LogP contribution in [-0.4, -0.2) is 18.6 Å². The Balaban J connectivity index is 1.80. The minimum Gasteiger partial charge on any atom is -0.321 e. The quantitative estimate of drug-likeness (QED) is 0.773. The smallest absolute Gasteiger partial charge is 0.190 e. The highest BCUT2D eigenvalue weighted by Gasteiger charge is 2.30. The topological polar surface area (TPSA) is 28.2 Å². The first kappa shape index (κ1) is 14.5. The van der Waals surface area contributed by atoms with Gasteiger partial charge in [-0.05, 0) is 37.9 Å². The number of benzene rings is 1. The number of nitrogens with one attached hydrogen (secondary N) is 1. The molecule has 0 radical (unpaired) electrons. The van der Waals surface area contributed by atoms with Gasteiger partial charge in [0.15, 0.2) is 5.13 Å². The molecule has 1 aromatic heterocycles. The lowest BCUT2D eigenvalue weighted by Gasteiger charge is -2.15. The first-order chi connectivity index (χ1) is 10.3. The van der Waals surface area contributed by atoms with Gasteiger partial charge in [-0.1, -0.05) is 36.5 Å². The predicted octanol–water partition coefficient (Wildman–Crippen LogP) is 4.29. The number of hydrogen-bond donors (Lipinski definition) is 1. The normalized spacial score (nSPS) is 14.4. The Hall–Kier alpha value is -1.39. The van der Waals surface area contributed by atoms with Crippen LogP contribution in [0.15, 0.2) is 30.3 Å². The summed E-state index contributed by atoms with van der Waals surface area (Å²) in [6.45, 7) is 4.24. The Morgan fingerprint density at radius 3 is 2.71 bits per heavy atom. The van der Waals surface area contributed by atoms with Gasteiger partial charge in [0, 0.05) is 30.1 Å². The molecule has 2 aromatic rings. The van der Waals surface area contributed by atoms with Gasteiger partial charge in [-0.3, -0.25) is 0 Å². The van der Waals surface area contributed by atoms with Gasteiger partial charge in [-0.15, -0.1) is 0 Å². The van der Waals surface area contributed by atoms with E-state index < -0.39 is 0 Å². The maximum Gasteiger partial charge on any atom is 0.190 e. The molecule has 1 N–H and O–H groups in total. The lowest BCUT2D eigenvalue weighted by molar-refractivity contribution is 0.676. The van der Waals surface area contributed by atoms with Crippen LogP contribution < -0.4 is 10.2 Å². The Kier molecular flexibility index (Phi) is 4.56. The molecular weight excluding hydrogens is 278 g/mol. The minimum atomic E-state index is 0.706. The molecule has 0 saturated heterocycles. The third kappa shape index (κ3) is 3.44. The van der Waals surface area contributed by atoms with E-state index in [1.54, 1.807) is 0 Å². The van der Waals surface area contributed by atoms with Crippen LogP contribution in [0.3, 0.4) is 0 Å². The molecule has 112 valence electrons. The van der Waals surface area contributed by atoms with Crippen molar-refractivity contribution in [3.63, 3.8) is 0 Å². The third-order valence-electron chi connectivity index (χ3n) is 3.82. The fourth-order valence-corrected chi connectivity index (χ4v) is 3.54. The van der Waals surface area contributed by atoms with Crippen molar-refractivity contribution < 1.29 is 0 Å². The molecule has 21 heavy (non-hydrogen) atoms. The molecule has 1 heterocycles. The lowest BCUT2D eigenvalue weighted by atomic mass is 10.2. The summed E-state index contributed by atoms with van der Waals surface area (Å²) in [6, 6.07) is 10.5. The molecule has 1 aliphatic rings. The van der Waals surface area contributed by atoms with Crippen LogP contribution in [0.25, 0.3) is 0 Å². The van der Waals surface area contributed by atoms with E-state index >= 15 is 0 Å². The van der Waals surface area contributed by atoms with Crippen molar-refractivity contribution in [2.24, 2.45) is 0 Å². The van der Waals surface area contributed by atoms with Gasteiger partial charge in [-0.2, -0.15) is 0 Å². The lowest BCUT2D eigenvalue weighted by Crippen LogP contribution is -2.13. The zero-order valence-corrected chi connectivity index (χ0v) is 13.6. The highest BCUT2D eigenvalue weighted by Crippen LogP contribution is 2.44. The summed E-state index contributed by atoms with van der Waals surface area (Å²) in [5, 5.41) is 4.63. The largest absolute Gasteiger partial charge is 0.321 e. The molecule has 1 fully saturated rings. The van der Waals surface area contributed by atoms with Crippen molar-refractivity contribution in [3.8, 4) is 0 Å². The Labute approximate surface area is 131 Å². The van der Waals surface area contributed by atoms with Crippen molar-refractivity contribution in [1.82, 2.24) is 10.3 Å². The van der Waals surface area contributed by atoms with Crippen LogP contribution in [0.4, 0.5) is 10.8 Å². The number of para-hydroxylation sites is 1. The Morgan fingerprint density at radius 1 is 1.29 bits per heavy atom. The van der Waals surface area contributed by atoms with Gasteiger partial charge in [-0.25, -0.2) is 4.98 Å². The van der Waals surface area contributed by atoms with Gasteiger partial charge < -0.3 is 10.2 Å². The van der Waals surface area contributed by atoms with E-state index in [2.05, 4.69) is 54.5 Å². The average molecular weight is 301 g/mol. The van der Waals surface area contributed by atoms with Crippen LogP contribution in [-0.2, 0) is 6.54 Å². The summed E-state index contributed by atoms with van der Waals surface area (Å²) in [7, 11) is 2.11. The van der Waals surface area contributed by atoms with E-state index in [0.29, 0.717) is 5.92 Å². The molecule has 1 saturated carbocycles. The minimum absolute atomic E-state index is 0.706. The maximum atomic E-state index is 4.93. The second kappa shape index (κ2) is 6.58. The van der Waals surface area contributed by atoms with Gasteiger partial charge in [0.05, 0.1) is 5.69 Å². The van der Waals surface area contributed by atoms with Gasteiger partial charge in [0.1, 0.15) is 0 Å². The summed E-state index contributed by atoms with van der Waals surface area (Å²) in [6.07, 6.45) is 3.78. The molecule has 1 aromatic carbocycles. The third-order valence-corrected chi connectivity index (χ3v) is 4.97. The number of thiazole rings is 1. The summed E-state index contributed by atoms with van der Waals surface area (Å²) >= 11 is 1.83. The van der Waals surface area contributed by atoms with Crippen molar-refractivity contribution in [2.45, 2.75) is 38.6 Å². The molecule has 1 aliphatic carbocycles. The van der Waals surface area contributed by atoms with Crippen molar-refractivity contribution in [3.05, 3.63) is 40.9 Å². The molecule has 3 rings (SSSR count). The van der Waals surface area contributed by atoms with Crippen LogP contribution in [0.5, 0.6) is 0 Å². The van der Waals surface area contributed by atoms with E-state index in [4.69, 9.17) is 4.98 Å². The van der Waals surface area contributed by atoms with Crippen molar-refractivity contribution in [1.29, 1.82) is 0 Å². The van der Waals surface area contributed by atoms with Crippen molar-refractivity contribution >= 4 is 22.2 Å². The maximum absolute atomic E-state index is 4.93. The molecule has 4 heteroatoms. The average Bonchev–Trinajstić information content (AvgIpc) is 3.28. The second-order valence-corrected chi connectivity index (χ2v) is 6.71. The zero-order valence-electron chi connectivity index (χ0n) is 12.8. The van der Waals surface area contributed by atoms with Crippen LogP contribution in [0.2, 0.25) is 0 Å². The van der Waals surface area contributed by atoms with E-state index in [1.807, 2.05) is 11.3 Å². The van der Waals surface area contributed by atoms with Crippen LogP contribution in [0, 0.1) is 0 Å². The fourth-order valence-electron chi connectivity index (χ4n) is 2.44. The summed E-state index contributed by atoms with van der Waals surface area (Å²) in [4.78, 5) is 8.55. The molecule has 0 aliphatic heterocycles. The molecular formula is C17H23N3S. The molecule has 0 spiro atoms. The SMILES string of the molecule is CCCNCc1sc(N(C)c2ccccc2)nc1C1CC1. The first-order valence-corrected chi connectivity index (χ1v) is 8.60. The van der Waals surface area contributed by atoms with Crippen molar-refractivity contribution in [2.75, 3.05) is 18.5 Å². The molecule has 0 atom stereocenters. The molecule has 3 nitrogen and oxygen atoms in total. The van der Waals surface area contributed by atoms with E-state index in [0.717, 1.165) is 18.2 Å². The molecule has 0 amide bonds. The number of hydrogen-bond acceptors (Lipinski definition) is 4. The Morgan fingerprint density at radius 2 is 2.05 bits per heavy atom. The van der Waals surface area contributed by atoms with Gasteiger partial charge in [0.25, 0.3) is 0 Å². The highest BCUT2D eigenvalue weighted by atomic mass is 32.1. The summed E-state index contributed by atoms with van der Waals surface area (Å²) < 4.78 is 0. The number of aromatic nitrogens is 1. The van der Waals surface area contributed by atoms with Crippen LogP contribution >= 0.6 is 11.3 Å². The first-order valence-electron chi connectivity index (χ1n) is 7.78. The molecule has 0 unspecified atom stereocenters. The van der Waals surface area contributed by atoms with Gasteiger partial charge in [0.2, 0.25) is 0 Å². The highest BCUT2D eigenvalue weighted by molar-refractivity contribution is 7.15. The summed E-state index contributed by atoms with van der Waals surface area (Å²) in [5.41, 5.74) is 2.53. The Bertz CT molecular complexity index is 575. The monoisotopic (exact) mass is 301 g/mol. The fraction of sp³-hybridized carbons (Fsp3) is 0.471. The van der Waals surface area contributed by atoms with E-state index in [1.165, 1.54) is 35.5 Å². The van der Waals surface area contributed by atoms with Gasteiger partial charge >= 0.3 is 0 Å².